The first-order chi connectivity index (χ1) is 10.6. The summed E-state index contributed by atoms with van der Waals surface area (Å²) < 4.78 is 0. The highest BCUT2D eigenvalue weighted by Gasteiger charge is 2.08. The van der Waals surface area contributed by atoms with Crippen molar-refractivity contribution in [1.82, 2.24) is 15.3 Å². The number of amides is 1. The van der Waals surface area contributed by atoms with Crippen LogP contribution in [0.4, 0.5) is 11.6 Å². The van der Waals surface area contributed by atoms with Crippen molar-refractivity contribution in [3.05, 3.63) is 47.2 Å². The Balaban J connectivity index is 1.95. The normalized spacial score (nSPS) is 10.5. The van der Waals surface area contributed by atoms with E-state index in [0.717, 1.165) is 12.1 Å². The number of anilines is 2. The first-order valence-corrected chi connectivity index (χ1v) is 7.56. The van der Waals surface area contributed by atoms with Crippen molar-refractivity contribution < 1.29 is 4.79 Å². The zero-order chi connectivity index (χ0) is 15.9. The second-order valence-corrected chi connectivity index (χ2v) is 5.75. The molecule has 2 aromatic rings. The van der Waals surface area contributed by atoms with Gasteiger partial charge in [0.2, 0.25) is 5.95 Å². The molecule has 0 radical (unpaired) electrons. The summed E-state index contributed by atoms with van der Waals surface area (Å²) in [7, 11) is 0. The van der Waals surface area contributed by atoms with Crippen molar-refractivity contribution in [2.75, 3.05) is 11.9 Å². The third-order valence-corrected chi connectivity index (χ3v) is 3.37. The summed E-state index contributed by atoms with van der Waals surface area (Å²) in [6.45, 7) is 4.88. The molecular formula is C16H19ClN4O. The molecule has 116 valence electrons. The van der Waals surface area contributed by atoms with Crippen LogP contribution >= 0.6 is 11.6 Å². The number of benzene rings is 1. The number of nitrogens with one attached hydrogen (secondary N) is 2. The van der Waals surface area contributed by atoms with Gasteiger partial charge in [0.15, 0.2) is 0 Å². The smallest absolute Gasteiger partial charge is 0.254 e. The number of para-hydroxylation sites is 1. The molecule has 1 heterocycles. The largest absolute Gasteiger partial charge is 0.352 e. The number of aromatic nitrogens is 2. The predicted octanol–water partition coefficient (Wildman–Crippen LogP) is 3.65. The van der Waals surface area contributed by atoms with Crippen LogP contribution < -0.4 is 10.6 Å². The van der Waals surface area contributed by atoms with Crippen molar-refractivity contribution in [3.63, 3.8) is 0 Å². The minimum absolute atomic E-state index is 0.162. The van der Waals surface area contributed by atoms with Gasteiger partial charge in [-0.3, -0.25) is 4.79 Å². The average Bonchev–Trinajstić information content (AvgIpc) is 2.50. The van der Waals surface area contributed by atoms with Gasteiger partial charge in [-0.15, -0.1) is 0 Å². The zero-order valence-corrected chi connectivity index (χ0v) is 13.4. The lowest BCUT2D eigenvalue weighted by molar-refractivity contribution is 0.0951. The summed E-state index contributed by atoms with van der Waals surface area (Å²) in [5.74, 6) is 0.788. The molecule has 0 aliphatic carbocycles. The maximum Gasteiger partial charge on any atom is 0.254 e. The van der Waals surface area contributed by atoms with Gasteiger partial charge >= 0.3 is 0 Å². The van der Waals surface area contributed by atoms with Crippen LogP contribution in [0.5, 0.6) is 0 Å². The maximum atomic E-state index is 11.9. The van der Waals surface area contributed by atoms with E-state index in [2.05, 4.69) is 34.4 Å². The van der Waals surface area contributed by atoms with Crippen LogP contribution in [0, 0.1) is 5.92 Å². The quantitative estimate of drug-likeness (QED) is 0.853. The first kappa shape index (κ1) is 16.2. The Kier molecular flexibility index (Phi) is 5.72. The van der Waals surface area contributed by atoms with Crippen molar-refractivity contribution in [3.8, 4) is 0 Å². The van der Waals surface area contributed by atoms with Gasteiger partial charge in [0, 0.05) is 18.9 Å². The Bertz CT molecular complexity index is 628. The molecule has 0 aliphatic rings. The number of hydrogen-bond donors (Lipinski definition) is 2. The van der Waals surface area contributed by atoms with Gasteiger partial charge in [-0.25, -0.2) is 9.97 Å². The molecule has 0 aliphatic heterocycles. The Morgan fingerprint density at radius 1 is 1.23 bits per heavy atom. The predicted molar refractivity (Wildman–Crippen MR) is 88.6 cm³/mol. The molecule has 0 atom stereocenters. The summed E-state index contributed by atoms with van der Waals surface area (Å²) >= 11 is 6.06. The van der Waals surface area contributed by atoms with Crippen molar-refractivity contribution in [2.45, 2.75) is 20.3 Å². The molecule has 2 rings (SSSR count). The van der Waals surface area contributed by atoms with E-state index in [1.807, 2.05) is 18.2 Å². The van der Waals surface area contributed by atoms with Crippen LogP contribution in [-0.2, 0) is 0 Å². The minimum atomic E-state index is -0.162. The van der Waals surface area contributed by atoms with E-state index < -0.39 is 0 Å². The summed E-state index contributed by atoms with van der Waals surface area (Å²) in [5.41, 5.74) is 1.16. The SMILES string of the molecule is CC(C)CCNC(=O)c1cnc(Nc2ccccc2Cl)nc1. The van der Waals surface area contributed by atoms with Gasteiger partial charge < -0.3 is 10.6 Å². The summed E-state index contributed by atoms with van der Waals surface area (Å²) in [4.78, 5) is 20.2. The molecule has 22 heavy (non-hydrogen) atoms. The molecule has 5 nitrogen and oxygen atoms in total. The molecule has 0 spiro atoms. The van der Waals surface area contributed by atoms with E-state index in [-0.39, 0.29) is 5.91 Å². The molecule has 6 heteroatoms. The number of rotatable bonds is 6. The summed E-state index contributed by atoms with van der Waals surface area (Å²) in [5, 5.41) is 6.44. The van der Waals surface area contributed by atoms with Gasteiger partial charge in [-0.1, -0.05) is 37.6 Å². The first-order valence-electron chi connectivity index (χ1n) is 7.18. The van der Waals surface area contributed by atoms with Crippen LogP contribution in [0.1, 0.15) is 30.6 Å². The molecule has 1 amide bonds. The van der Waals surface area contributed by atoms with E-state index >= 15 is 0 Å². The second-order valence-electron chi connectivity index (χ2n) is 5.34. The lowest BCUT2D eigenvalue weighted by Gasteiger charge is -2.08. The maximum absolute atomic E-state index is 11.9. The fourth-order valence-corrected chi connectivity index (χ4v) is 1.95. The lowest BCUT2D eigenvalue weighted by atomic mass is 10.1. The van der Waals surface area contributed by atoms with E-state index in [4.69, 9.17) is 11.6 Å². The molecule has 0 bridgehead atoms. The number of hydrogen-bond acceptors (Lipinski definition) is 4. The molecule has 0 saturated heterocycles. The Labute approximate surface area is 135 Å². The molecule has 0 unspecified atom stereocenters. The van der Waals surface area contributed by atoms with E-state index in [1.165, 1.54) is 12.4 Å². The fraction of sp³-hybridized carbons (Fsp3) is 0.312. The lowest BCUT2D eigenvalue weighted by Crippen LogP contribution is -2.25. The topological polar surface area (TPSA) is 66.9 Å². The van der Waals surface area contributed by atoms with Crippen LogP contribution in [0.2, 0.25) is 5.02 Å². The number of nitrogens with zero attached hydrogens (tertiary/aromatic N) is 2. The molecule has 1 aromatic heterocycles. The standard InChI is InChI=1S/C16H19ClN4O/c1-11(2)7-8-18-15(22)12-9-19-16(20-10-12)21-14-6-4-3-5-13(14)17/h3-6,9-11H,7-8H2,1-2H3,(H,18,22)(H,19,20,21). The van der Waals surface area contributed by atoms with Crippen molar-refractivity contribution >= 4 is 29.1 Å². The summed E-state index contributed by atoms with van der Waals surface area (Å²) in [6, 6.07) is 7.32. The Morgan fingerprint density at radius 2 is 1.91 bits per heavy atom. The fourth-order valence-electron chi connectivity index (χ4n) is 1.77. The summed E-state index contributed by atoms with van der Waals surface area (Å²) in [6.07, 6.45) is 3.94. The number of halogens is 1. The van der Waals surface area contributed by atoms with Gasteiger partial charge in [-0.05, 0) is 24.5 Å². The van der Waals surface area contributed by atoms with Gasteiger partial charge in [0.25, 0.3) is 5.91 Å². The zero-order valence-electron chi connectivity index (χ0n) is 12.6. The van der Waals surface area contributed by atoms with Crippen LogP contribution in [-0.4, -0.2) is 22.4 Å². The van der Waals surface area contributed by atoms with E-state index in [1.54, 1.807) is 6.07 Å². The van der Waals surface area contributed by atoms with Crippen LogP contribution in [0.3, 0.4) is 0 Å². The highest BCUT2D eigenvalue weighted by molar-refractivity contribution is 6.33. The average molecular weight is 319 g/mol. The molecular weight excluding hydrogens is 300 g/mol. The third-order valence-electron chi connectivity index (χ3n) is 3.04. The van der Waals surface area contributed by atoms with Gasteiger partial charge in [0.05, 0.1) is 16.3 Å². The van der Waals surface area contributed by atoms with Crippen molar-refractivity contribution in [1.29, 1.82) is 0 Å². The second kappa shape index (κ2) is 7.75. The van der Waals surface area contributed by atoms with Crippen LogP contribution in [0.25, 0.3) is 0 Å². The van der Waals surface area contributed by atoms with Gasteiger partial charge in [-0.2, -0.15) is 0 Å². The highest BCUT2D eigenvalue weighted by atomic mass is 35.5. The molecule has 2 N–H and O–H groups in total. The van der Waals surface area contributed by atoms with E-state index in [0.29, 0.717) is 29.0 Å². The Morgan fingerprint density at radius 3 is 2.55 bits per heavy atom. The van der Waals surface area contributed by atoms with E-state index in [9.17, 15) is 4.79 Å². The number of carbonyl (C=O) groups excluding carboxylic acids is 1. The monoisotopic (exact) mass is 318 g/mol. The van der Waals surface area contributed by atoms with Gasteiger partial charge in [0.1, 0.15) is 0 Å². The van der Waals surface area contributed by atoms with Crippen molar-refractivity contribution in [2.24, 2.45) is 5.92 Å². The Hall–Kier alpha value is -2.14. The third kappa shape index (κ3) is 4.70. The molecule has 1 aromatic carbocycles. The number of carbonyl (C=O) groups is 1. The molecule has 0 fully saturated rings. The minimum Gasteiger partial charge on any atom is -0.352 e. The molecule has 0 saturated carbocycles. The highest BCUT2D eigenvalue weighted by Crippen LogP contribution is 2.22. The van der Waals surface area contributed by atoms with Crippen LogP contribution in [0.15, 0.2) is 36.7 Å².